The molecule has 1 aliphatic carbocycles. The fourth-order valence-electron chi connectivity index (χ4n) is 1.53. The van der Waals surface area contributed by atoms with E-state index in [2.05, 4.69) is 13.8 Å². The number of rotatable bonds is 8. The van der Waals surface area contributed by atoms with Crippen LogP contribution in [-0.2, 0) is 19.0 Å². The Labute approximate surface area is 97.2 Å². The molecule has 1 rings (SSSR count). The van der Waals surface area contributed by atoms with Gasteiger partial charge in [-0.3, -0.25) is 4.79 Å². The summed E-state index contributed by atoms with van der Waals surface area (Å²) in [5, 5.41) is 0. The van der Waals surface area contributed by atoms with Crippen molar-refractivity contribution in [2.75, 3.05) is 26.9 Å². The molecule has 16 heavy (non-hydrogen) atoms. The first-order chi connectivity index (χ1) is 7.65. The van der Waals surface area contributed by atoms with E-state index in [1.54, 1.807) is 7.11 Å². The lowest BCUT2D eigenvalue weighted by atomic mass is 9.90. The quantitative estimate of drug-likeness (QED) is 0.592. The molecular weight excluding hydrogens is 208 g/mol. The first-order valence-electron chi connectivity index (χ1n) is 5.90. The number of carbonyl (C=O) groups is 1. The van der Waals surface area contributed by atoms with Gasteiger partial charge in [0, 0.05) is 20.1 Å². The van der Waals surface area contributed by atoms with Crippen molar-refractivity contribution in [3.63, 3.8) is 0 Å². The minimum atomic E-state index is -0.359. The Bertz CT molecular complexity index is 215. The van der Waals surface area contributed by atoms with E-state index in [0.717, 1.165) is 6.42 Å². The van der Waals surface area contributed by atoms with Gasteiger partial charge in [0.15, 0.2) is 5.78 Å². The van der Waals surface area contributed by atoms with Crippen molar-refractivity contribution in [2.24, 2.45) is 5.92 Å². The highest BCUT2D eigenvalue weighted by Gasteiger charge is 2.41. The molecular formula is C12H22O4. The van der Waals surface area contributed by atoms with Crippen LogP contribution in [0.15, 0.2) is 0 Å². The maximum absolute atomic E-state index is 11.3. The van der Waals surface area contributed by atoms with Gasteiger partial charge in [-0.15, -0.1) is 0 Å². The van der Waals surface area contributed by atoms with Gasteiger partial charge in [-0.25, -0.2) is 0 Å². The third-order valence-corrected chi connectivity index (χ3v) is 2.67. The van der Waals surface area contributed by atoms with E-state index < -0.39 is 0 Å². The van der Waals surface area contributed by atoms with E-state index in [1.807, 2.05) is 0 Å². The number of Topliss-reactive ketones (excluding diaryl/α,β-unsaturated/α-hetero) is 1. The molecule has 1 saturated carbocycles. The predicted molar refractivity (Wildman–Crippen MR) is 60.4 cm³/mol. The molecule has 0 aromatic heterocycles. The van der Waals surface area contributed by atoms with Crippen LogP contribution in [0.3, 0.4) is 0 Å². The zero-order valence-electron chi connectivity index (χ0n) is 10.4. The number of methoxy groups -OCH3 is 1. The van der Waals surface area contributed by atoms with Crippen molar-refractivity contribution in [1.29, 1.82) is 0 Å². The van der Waals surface area contributed by atoms with Crippen LogP contribution in [-0.4, -0.2) is 44.9 Å². The second-order valence-electron chi connectivity index (χ2n) is 4.55. The SMILES string of the molecule is COCCOC1C(=O)CC1OCCC(C)C. The predicted octanol–water partition coefficient (Wildman–Crippen LogP) is 1.42. The summed E-state index contributed by atoms with van der Waals surface area (Å²) in [5.41, 5.74) is 0. The zero-order valence-corrected chi connectivity index (χ0v) is 10.4. The fraction of sp³-hybridized carbons (Fsp3) is 0.917. The first kappa shape index (κ1) is 13.6. The van der Waals surface area contributed by atoms with E-state index in [9.17, 15) is 4.79 Å². The van der Waals surface area contributed by atoms with Crippen LogP contribution in [0.1, 0.15) is 26.7 Å². The Balaban J connectivity index is 2.14. The summed E-state index contributed by atoms with van der Waals surface area (Å²) in [6.45, 7) is 5.99. The highest BCUT2D eigenvalue weighted by molar-refractivity contribution is 5.90. The lowest BCUT2D eigenvalue weighted by molar-refractivity contribution is -0.167. The van der Waals surface area contributed by atoms with Gasteiger partial charge in [0.05, 0.1) is 19.3 Å². The molecule has 0 saturated heterocycles. The molecule has 0 amide bonds. The average molecular weight is 230 g/mol. The molecule has 0 aliphatic heterocycles. The van der Waals surface area contributed by atoms with E-state index >= 15 is 0 Å². The van der Waals surface area contributed by atoms with Crippen molar-refractivity contribution in [3.8, 4) is 0 Å². The van der Waals surface area contributed by atoms with Gasteiger partial charge in [0.1, 0.15) is 6.10 Å². The summed E-state index contributed by atoms with van der Waals surface area (Å²) in [4.78, 5) is 11.3. The Morgan fingerprint density at radius 1 is 1.25 bits per heavy atom. The maximum atomic E-state index is 11.3. The highest BCUT2D eigenvalue weighted by atomic mass is 16.6. The topological polar surface area (TPSA) is 44.8 Å². The summed E-state index contributed by atoms with van der Waals surface area (Å²) in [7, 11) is 1.61. The number of ketones is 1. The van der Waals surface area contributed by atoms with Gasteiger partial charge in [-0.1, -0.05) is 13.8 Å². The van der Waals surface area contributed by atoms with Crippen LogP contribution in [0.2, 0.25) is 0 Å². The van der Waals surface area contributed by atoms with E-state index in [1.165, 1.54) is 0 Å². The first-order valence-corrected chi connectivity index (χ1v) is 5.90. The molecule has 0 aromatic carbocycles. The Hall–Kier alpha value is -0.450. The lowest BCUT2D eigenvalue weighted by Crippen LogP contribution is -2.51. The number of ether oxygens (including phenoxy) is 3. The molecule has 2 atom stereocenters. The summed E-state index contributed by atoms with van der Waals surface area (Å²) in [5.74, 6) is 0.772. The molecule has 4 heteroatoms. The molecule has 1 aliphatic rings. The number of hydrogen-bond donors (Lipinski definition) is 0. The number of hydrogen-bond acceptors (Lipinski definition) is 4. The van der Waals surface area contributed by atoms with Crippen molar-refractivity contribution in [3.05, 3.63) is 0 Å². The fourth-order valence-corrected chi connectivity index (χ4v) is 1.53. The molecule has 0 radical (unpaired) electrons. The van der Waals surface area contributed by atoms with Crippen molar-refractivity contribution in [2.45, 2.75) is 38.9 Å². The normalized spacial score (nSPS) is 24.9. The van der Waals surface area contributed by atoms with Gasteiger partial charge in [0.25, 0.3) is 0 Å². The molecule has 94 valence electrons. The van der Waals surface area contributed by atoms with Crippen LogP contribution >= 0.6 is 0 Å². The van der Waals surface area contributed by atoms with E-state index in [0.29, 0.717) is 32.2 Å². The van der Waals surface area contributed by atoms with Gasteiger partial charge < -0.3 is 14.2 Å². The van der Waals surface area contributed by atoms with E-state index in [4.69, 9.17) is 14.2 Å². The highest BCUT2D eigenvalue weighted by Crippen LogP contribution is 2.23. The second-order valence-corrected chi connectivity index (χ2v) is 4.55. The summed E-state index contributed by atoms with van der Waals surface area (Å²) in [6.07, 6.45) is 1.12. The molecule has 0 N–H and O–H groups in total. The third kappa shape index (κ3) is 4.20. The Kier molecular flexibility index (Phi) is 5.95. The van der Waals surface area contributed by atoms with Crippen LogP contribution in [0.25, 0.3) is 0 Å². The molecule has 0 heterocycles. The van der Waals surface area contributed by atoms with Gasteiger partial charge in [-0.2, -0.15) is 0 Å². The monoisotopic (exact) mass is 230 g/mol. The molecule has 4 nitrogen and oxygen atoms in total. The molecule has 0 spiro atoms. The summed E-state index contributed by atoms with van der Waals surface area (Å²) in [6, 6.07) is 0. The van der Waals surface area contributed by atoms with Gasteiger partial charge in [0.2, 0.25) is 0 Å². The Morgan fingerprint density at radius 3 is 2.56 bits per heavy atom. The molecule has 0 aromatic rings. The van der Waals surface area contributed by atoms with Crippen molar-refractivity contribution in [1.82, 2.24) is 0 Å². The summed E-state index contributed by atoms with van der Waals surface area (Å²) < 4.78 is 15.9. The van der Waals surface area contributed by atoms with Crippen LogP contribution in [0.4, 0.5) is 0 Å². The van der Waals surface area contributed by atoms with Crippen LogP contribution < -0.4 is 0 Å². The van der Waals surface area contributed by atoms with Crippen LogP contribution in [0.5, 0.6) is 0 Å². The standard InChI is InChI=1S/C12H22O4/c1-9(2)4-5-15-11-8-10(13)12(11)16-7-6-14-3/h9,11-12H,4-8H2,1-3H3. The minimum absolute atomic E-state index is 0.0388. The number of carbonyl (C=O) groups excluding carboxylic acids is 1. The molecule has 2 unspecified atom stereocenters. The van der Waals surface area contributed by atoms with Crippen molar-refractivity contribution >= 4 is 5.78 Å². The maximum Gasteiger partial charge on any atom is 0.166 e. The Morgan fingerprint density at radius 2 is 2.00 bits per heavy atom. The lowest BCUT2D eigenvalue weighted by Gasteiger charge is -2.34. The smallest absolute Gasteiger partial charge is 0.166 e. The zero-order chi connectivity index (χ0) is 12.0. The van der Waals surface area contributed by atoms with E-state index in [-0.39, 0.29) is 18.0 Å². The molecule has 1 fully saturated rings. The van der Waals surface area contributed by atoms with Gasteiger partial charge >= 0.3 is 0 Å². The minimum Gasteiger partial charge on any atom is -0.382 e. The van der Waals surface area contributed by atoms with Crippen molar-refractivity contribution < 1.29 is 19.0 Å². The van der Waals surface area contributed by atoms with Gasteiger partial charge in [-0.05, 0) is 12.3 Å². The average Bonchev–Trinajstić information content (AvgIpc) is 2.22. The van der Waals surface area contributed by atoms with Crippen LogP contribution in [0, 0.1) is 5.92 Å². The third-order valence-electron chi connectivity index (χ3n) is 2.67. The second kappa shape index (κ2) is 6.99. The molecule has 0 bridgehead atoms. The largest absolute Gasteiger partial charge is 0.382 e. The summed E-state index contributed by atoms with van der Waals surface area (Å²) >= 11 is 0.